The van der Waals surface area contributed by atoms with Crippen molar-refractivity contribution in [2.75, 3.05) is 17.7 Å². The van der Waals surface area contributed by atoms with Gasteiger partial charge in [-0.1, -0.05) is 78.9 Å². The molecule has 0 spiro atoms. The Morgan fingerprint density at radius 1 is 0.849 bits per heavy atom. The molecule has 5 aromatic carbocycles. The molecule has 0 fully saturated rings. The molecule has 0 aliphatic rings. The third-order valence-electron chi connectivity index (χ3n) is 7.77. The van der Waals surface area contributed by atoms with Gasteiger partial charge in [-0.3, -0.25) is 24.5 Å². The number of nitrogens with one attached hydrogen (secondary N) is 3. The molecule has 0 radical (unpaired) electrons. The normalized spacial score (nSPS) is 11.6. The van der Waals surface area contributed by atoms with Crippen LogP contribution in [0.25, 0.3) is 17.3 Å². The average Bonchev–Trinajstić information content (AvgIpc) is 3.65. The van der Waals surface area contributed by atoms with Crippen LogP contribution in [-0.4, -0.2) is 34.7 Å². The summed E-state index contributed by atoms with van der Waals surface area (Å²) in [4.78, 5) is 57.2. The van der Waals surface area contributed by atoms with Crippen LogP contribution in [0.15, 0.2) is 149 Å². The molecule has 0 saturated carbocycles. The number of ether oxygens (including phenoxy) is 1. The molecule has 6 aromatic rings. The van der Waals surface area contributed by atoms with Crippen molar-refractivity contribution in [3.63, 3.8) is 0 Å². The average molecular weight is 742 g/mol. The summed E-state index contributed by atoms with van der Waals surface area (Å²) < 4.78 is 5.48. The van der Waals surface area contributed by atoms with Gasteiger partial charge in [0, 0.05) is 33.2 Å². The number of para-hydroxylation sites is 2. The van der Waals surface area contributed by atoms with Crippen LogP contribution in [-0.2, 0) is 9.59 Å². The zero-order valence-corrected chi connectivity index (χ0v) is 29.7. The highest BCUT2D eigenvalue weighted by Gasteiger charge is 2.24. The van der Waals surface area contributed by atoms with Crippen LogP contribution in [0.5, 0.6) is 5.75 Å². The van der Waals surface area contributed by atoms with E-state index in [1.807, 2.05) is 66.0 Å². The molecule has 6 rings (SSSR count). The minimum absolute atomic E-state index is 0.132. The first-order chi connectivity index (χ1) is 25.8. The van der Waals surface area contributed by atoms with Crippen LogP contribution in [0.1, 0.15) is 26.7 Å². The van der Waals surface area contributed by atoms with Crippen molar-refractivity contribution >= 4 is 63.4 Å². The molecular weight excluding hydrogens is 711 g/mol. The van der Waals surface area contributed by atoms with E-state index in [-0.39, 0.29) is 22.9 Å². The lowest BCUT2D eigenvalue weighted by atomic mass is 10.1. The molecule has 3 amide bonds. The third kappa shape index (κ3) is 9.22. The number of thioether (sulfide) groups is 1. The van der Waals surface area contributed by atoms with Crippen LogP contribution in [0.3, 0.4) is 0 Å². The van der Waals surface area contributed by atoms with Gasteiger partial charge < -0.3 is 20.7 Å². The maximum absolute atomic E-state index is 13.9. The van der Waals surface area contributed by atoms with Gasteiger partial charge in [-0.2, -0.15) is 0 Å². The first kappa shape index (κ1) is 36.2. The van der Waals surface area contributed by atoms with Crippen LogP contribution in [0, 0.1) is 10.1 Å². The van der Waals surface area contributed by atoms with Crippen molar-refractivity contribution in [2.45, 2.75) is 10.1 Å². The molecule has 1 unspecified atom stereocenters. The molecule has 0 aliphatic heterocycles. The second-order valence-electron chi connectivity index (χ2n) is 11.3. The molecule has 0 aliphatic carbocycles. The number of nitrogens with zero attached hydrogens (tertiary/aromatic N) is 2. The van der Waals surface area contributed by atoms with Gasteiger partial charge in [-0.05, 0) is 60.2 Å². The first-order valence-corrected chi connectivity index (χ1v) is 17.9. The van der Waals surface area contributed by atoms with E-state index >= 15 is 0 Å². The topological polar surface area (TPSA) is 153 Å². The maximum atomic E-state index is 13.9. The van der Waals surface area contributed by atoms with Gasteiger partial charge >= 0.3 is 0 Å². The minimum atomic E-state index is -0.707. The van der Waals surface area contributed by atoms with Gasteiger partial charge in [0.15, 0.2) is 5.13 Å². The number of anilines is 2. The van der Waals surface area contributed by atoms with Crippen molar-refractivity contribution in [3.8, 4) is 17.0 Å². The second-order valence-corrected chi connectivity index (χ2v) is 13.3. The number of benzene rings is 5. The Labute approximate surface area is 312 Å². The third-order valence-corrected chi connectivity index (χ3v) is 9.77. The molecule has 11 nitrogen and oxygen atoms in total. The smallest absolute Gasteiger partial charge is 0.276 e. The van der Waals surface area contributed by atoms with Gasteiger partial charge in [-0.15, -0.1) is 23.1 Å². The fraction of sp³-hybridized carbons (Fsp3) is 0.0500. The Balaban J connectivity index is 1.23. The highest BCUT2D eigenvalue weighted by atomic mass is 32.2. The Kier molecular flexibility index (Phi) is 11.7. The lowest BCUT2D eigenvalue weighted by Crippen LogP contribution is -2.30. The number of thiazole rings is 1. The Morgan fingerprint density at radius 3 is 2.30 bits per heavy atom. The zero-order chi connectivity index (χ0) is 37.2. The first-order valence-electron chi connectivity index (χ1n) is 16.1. The largest absolute Gasteiger partial charge is 0.496 e. The molecular formula is C40H31N5O6S2. The van der Waals surface area contributed by atoms with Crippen LogP contribution in [0.4, 0.5) is 16.5 Å². The fourth-order valence-electron chi connectivity index (χ4n) is 5.24. The Hall–Kier alpha value is -6.57. The van der Waals surface area contributed by atoms with Crippen molar-refractivity contribution < 1.29 is 24.0 Å². The zero-order valence-electron chi connectivity index (χ0n) is 28.1. The SMILES string of the molecule is COc1ccccc1-c1csc(NC(=O)C(Sc2cccc(NC(=O)/C(=C\c3ccccc3[N+](=O)[O-])NC(=O)c3ccccc3)c2)c2ccccc2)n1. The predicted molar refractivity (Wildman–Crippen MR) is 208 cm³/mol. The fourth-order valence-corrected chi connectivity index (χ4v) is 7.04. The Morgan fingerprint density at radius 2 is 1.55 bits per heavy atom. The van der Waals surface area contributed by atoms with Crippen LogP contribution >= 0.6 is 23.1 Å². The van der Waals surface area contributed by atoms with Gasteiger partial charge in [0.25, 0.3) is 17.5 Å². The highest BCUT2D eigenvalue weighted by molar-refractivity contribution is 8.00. The molecule has 1 heterocycles. The number of rotatable bonds is 13. The number of amides is 3. The summed E-state index contributed by atoms with van der Waals surface area (Å²) in [6.07, 6.45) is 1.26. The summed E-state index contributed by atoms with van der Waals surface area (Å²) in [5.41, 5.74) is 2.59. The van der Waals surface area contributed by atoms with Crippen molar-refractivity contribution in [3.05, 3.63) is 171 Å². The van der Waals surface area contributed by atoms with Crippen molar-refractivity contribution in [2.24, 2.45) is 0 Å². The van der Waals surface area contributed by atoms with E-state index in [4.69, 9.17) is 4.74 Å². The number of hydrogen-bond acceptors (Lipinski definition) is 9. The number of methoxy groups -OCH3 is 1. The summed E-state index contributed by atoms with van der Waals surface area (Å²) in [5, 5.41) is 21.7. The van der Waals surface area contributed by atoms with Gasteiger partial charge in [0.2, 0.25) is 5.91 Å². The number of nitro groups is 1. The van der Waals surface area contributed by atoms with Gasteiger partial charge in [0.1, 0.15) is 16.7 Å². The number of nitro benzene ring substituents is 1. The van der Waals surface area contributed by atoms with Crippen molar-refractivity contribution in [1.29, 1.82) is 0 Å². The lowest BCUT2D eigenvalue weighted by molar-refractivity contribution is -0.385. The number of carbonyl (C=O) groups is 3. The monoisotopic (exact) mass is 741 g/mol. The molecule has 13 heteroatoms. The van der Waals surface area contributed by atoms with E-state index in [9.17, 15) is 24.5 Å². The van der Waals surface area contributed by atoms with E-state index in [0.717, 1.165) is 11.1 Å². The van der Waals surface area contributed by atoms with Crippen LogP contribution < -0.4 is 20.7 Å². The second kappa shape index (κ2) is 17.1. The Bertz CT molecular complexity index is 2300. The molecule has 1 atom stereocenters. The van der Waals surface area contributed by atoms with E-state index in [0.29, 0.717) is 32.7 Å². The minimum Gasteiger partial charge on any atom is -0.496 e. The van der Waals surface area contributed by atoms with E-state index in [2.05, 4.69) is 20.9 Å². The predicted octanol–water partition coefficient (Wildman–Crippen LogP) is 8.61. The number of aromatic nitrogens is 1. The highest BCUT2D eigenvalue weighted by Crippen LogP contribution is 2.38. The molecule has 264 valence electrons. The van der Waals surface area contributed by atoms with Gasteiger partial charge in [0.05, 0.1) is 23.3 Å². The van der Waals surface area contributed by atoms with E-state index < -0.39 is 22.0 Å². The molecule has 1 aromatic heterocycles. The van der Waals surface area contributed by atoms with E-state index in [1.165, 1.54) is 47.4 Å². The molecule has 3 N–H and O–H groups in total. The van der Waals surface area contributed by atoms with E-state index in [1.54, 1.807) is 61.7 Å². The van der Waals surface area contributed by atoms with Crippen LogP contribution in [0.2, 0.25) is 0 Å². The summed E-state index contributed by atoms with van der Waals surface area (Å²) in [7, 11) is 1.59. The molecule has 53 heavy (non-hydrogen) atoms. The van der Waals surface area contributed by atoms with Crippen molar-refractivity contribution in [1.82, 2.24) is 10.3 Å². The summed E-state index contributed by atoms with van der Waals surface area (Å²) in [6.45, 7) is 0. The summed E-state index contributed by atoms with van der Waals surface area (Å²) in [6, 6.07) is 37.9. The standard InChI is InChI=1S/C40H31N5O6S2/c1-51-35-22-11-9-20-31(35)33-25-52-40(43-33)44-39(48)36(26-13-4-2-5-14-26)53-30-19-12-18-29(24-30)41-38(47)32(42-37(46)27-15-6-3-7-16-27)23-28-17-8-10-21-34(28)45(49)50/h2-25,36H,1H3,(H,41,47)(H,42,46)(H,43,44,48)/b32-23+. The van der Waals surface area contributed by atoms with Gasteiger partial charge in [-0.25, -0.2) is 4.98 Å². The quantitative estimate of drug-likeness (QED) is 0.0461. The lowest BCUT2D eigenvalue weighted by Gasteiger charge is -2.17. The maximum Gasteiger partial charge on any atom is 0.276 e. The molecule has 0 bridgehead atoms. The molecule has 0 saturated heterocycles. The number of hydrogen-bond donors (Lipinski definition) is 3. The summed E-state index contributed by atoms with van der Waals surface area (Å²) >= 11 is 2.58. The number of carbonyl (C=O) groups excluding carboxylic acids is 3. The summed E-state index contributed by atoms with van der Waals surface area (Å²) in [5.74, 6) is -0.902.